The Morgan fingerprint density at radius 3 is 2.59 bits per heavy atom. The molecule has 0 amide bonds. The molecule has 0 saturated heterocycles. The number of ether oxygens (including phenoxy) is 1. The summed E-state index contributed by atoms with van der Waals surface area (Å²) in [6, 6.07) is 11.0. The number of aryl methyl sites for hydroxylation is 1. The third-order valence-corrected chi connectivity index (χ3v) is 3.31. The summed E-state index contributed by atoms with van der Waals surface area (Å²) in [5.41, 5.74) is 1.21. The van der Waals surface area contributed by atoms with Crippen LogP contribution in [0.4, 0.5) is 0 Å². The molecule has 0 aliphatic rings. The lowest BCUT2D eigenvalue weighted by molar-refractivity contribution is 0.309. The predicted molar refractivity (Wildman–Crippen MR) is 84.7 cm³/mol. The fourth-order valence-corrected chi connectivity index (χ4v) is 2.03. The zero-order valence-electron chi connectivity index (χ0n) is 12.9. The van der Waals surface area contributed by atoms with E-state index in [1.165, 1.54) is 10.7 Å². The molecule has 22 heavy (non-hydrogen) atoms. The van der Waals surface area contributed by atoms with Gasteiger partial charge in [0, 0.05) is 12.1 Å². The van der Waals surface area contributed by atoms with Crippen LogP contribution in [0.3, 0.4) is 0 Å². The van der Waals surface area contributed by atoms with E-state index in [9.17, 15) is 4.79 Å². The third kappa shape index (κ3) is 3.53. The Kier molecular flexibility index (Phi) is 5.31. The molecule has 0 aliphatic heterocycles. The van der Waals surface area contributed by atoms with Crippen LogP contribution in [-0.2, 0) is 6.54 Å². The van der Waals surface area contributed by atoms with E-state index < -0.39 is 0 Å². The Labute approximate surface area is 129 Å². The molecule has 5 nitrogen and oxygen atoms in total. The second-order valence-corrected chi connectivity index (χ2v) is 4.90. The van der Waals surface area contributed by atoms with Crippen molar-refractivity contribution in [1.82, 2.24) is 9.78 Å². The Morgan fingerprint density at radius 2 is 2.00 bits per heavy atom. The Morgan fingerprint density at radius 1 is 1.27 bits per heavy atom. The van der Waals surface area contributed by atoms with Gasteiger partial charge in [0.25, 0.3) is 5.56 Å². The highest BCUT2D eigenvalue weighted by atomic mass is 16.5. The maximum atomic E-state index is 11.9. The van der Waals surface area contributed by atoms with Gasteiger partial charge in [-0.15, -0.1) is 0 Å². The number of unbranched alkanes of at least 4 members (excludes halogenated alkanes) is 1. The lowest BCUT2D eigenvalue weighted by atomic mass is 10.1. The van der Waals surface area contributed by atoms with Gasteiger partial charge in [0.15, 0.2) is 0 Å². The molecule has 0 radical (unpaired) electrons. The molecule has 1 aromatic carbocycles. The highest BCUT2D eigenvalue weighted by Crippen LogP contribution is 2.20. The fourth-order valence-electron chi connectivity index (χ4n) is 2.03. The zero-order chi connectivity index (χ0) is 15.9. The van der Waals surface area contributed by atoms with E-state index in [0.717, 1.165) is 24.2 Å². The predicted octanol–water partition coefficient (Wildman–Crippen LogP) is 2.98. The van der Waals surface area contributed by atoms with Crippen LogP contribution in [0.1, 0.15) is 32.3 Å². The first-order valence-corrected chi connectivity index (χ1v) is 7.45. The van der Waals surface area contributed by atoms with Crippen molar-refractivity contribution in [2.75, 3.05) is 6.61 Å². The van der Waals surface area contributed by atoms with Crippen LogP contribution in [0.5, 0.6) is 5.75 Å². The van der Waals surface area contributed by atoms with Crippen LogP contribution in [0.2, 0.25) is 0 Å². The first kappa shape index (κ1) is 15.8. The molecule has 0 unspecified atom stereocenters. The van der Waals surface area contributed by atoms with Crippen molar-refractivity contribution in [1.29, 1.82) is 5.26 Å². The summed E-state index contributed by atoms with van der Waals surface area (Å²) in [6.45, 7) is 5.07. The molecule has 0 fully saturated rings. The lowest BCUT2D eigenvalue weighted by Crippen LogP contribution is -2.24. The minimum absolute atomic E-state index is 0.107. The number of benzene rings is 1. The van der Waals surface area contributed by atoms with Crippen molar-refractivity contribution in [2.24, 2.45) is 0 Å². The van der Waals surface area contributed by atoms with Gasteiger partial charge in [0.1, 0.15) is 17.4 Å². The Hall–Kier alpha value is -2.61. The summed E-state index contributed by atoms with van der Waals surface area (Å²) in [5, 5.41) is 13.4. The monoisotopic (exact) mass is 297 g/mol. The molecule has 2 rings (SSSR count). The summed E-state index contributed by atoms with van der Waals surface area (Å²) in [7, 11) is 0. The van der Waals surface area contributed by atoms with Crippen molar-refractivity contribution < 1.29 is 4.74 Å². The third-order valence-electron chi connectivity index (χ3n) is 3.31. The van der Waals surface area contributed by atoms with Gasteiger partial charge in [-0.2, -0.15) is 10.4 Å². The molecule has 0 bridgehead atoms. The fraction of sp³-hybridized carbons (Fsp3) is 0.353. The number of rotatable bonds is 6. The van der Waals surface area contributed by atoms with E-state index in [1.54, 1.807) is 0 Å². The first-order chi connectivity index (χ1) is 10.7. The van der Waals surface area contributed by atoms with Gasteiger partial charge >= 0.3 is 0 Å². The summed E-state index contributed by atoms with van der Waals surface area (Å²) in [4.78, 5) is 11.9. The zero-order valence-corrected chi connectivity index (χ0v) is 12.9. The van der Waals surface area contributed by atoms with Crippen molar-refractivity contribution in [3.05, 3.63) is 46.2 Å². The van der Waals surface area contributed by atoms with Crippen molar-refractivity contribution >= 4 is 0 Å². The molecule has 0 saturated carbocycles. The van der Waals surface area contributed by atoms with E-state index >= 15 is 0 Å². The summed E-state index contributed by atoms with van der Waals surface area (Å²) in [6.07, 6.45) is 2.12. The number of nitriles is 1. The highest BCUT2D eigenvalue weighted by molar-refractivity contribution is 5.61. The van der Waals surface area contributed by atoms with Gasteiger partial charge < -0.3 is 4.74 Å². The van der Waals surface area contributed by atoms with Crippen LogP contribution in [0.25, 0.3) is 11.3 Å². The smallest absolute Gasteiger partial charge is 0.284 e. The van der Waals surface area contributed by atoms with Crippen molar-refractivity contribution in [3.8, 4) is 23.1 Å². The van der Waals surface area contributed by atoms with Gasteiger partial charge in [-0.05, 0) is 43.7 Å². The van der Waals surface area contributed by atoms with Gasteiger partial charge in [-0.1, -0.05) is 13.3 Å². The van der Waals surface area contributed by atoms with Crippen LogP contribution < -0.4 is 10.3 Å². The molecule has 0 N–H and O–H groups in total. The molecular weight excluding hydrogens is 278 g/mol. The van der Waals surface area contributed by atoms with E-state index in [4.69, 9.17) is 10.00 Å². The first-order valence-electron chi connectivity index (χ1n) is 7.45. The van der Waals surface area contributed by atoms with Gasteiger partial charge in [-0.3, -0.25) is 4.79 Å². The molecule has 114 valence electrons. The Balaban J connectivity index is 2.28. The molecule has 5 heteroatoms. The van der Waals surface area contributed by atoms with Gasteiger partial charge in [-0.25, -0.2) is 4.68 Å². The lowest BCUT2D eigenvalue weighted by Gasteiger charge is -2.08. The summed E-state index contributed by atoms with van der Waals surface area (Å²) in [5.74, 6) is 0.807. The van der Waals surface area contributed by atoms with Crippen LogP contribution in [-0.4, -0.2) is 16.4 Å². The number of nitrogens with zero attached hydrogens (tertiary/aromatic N) is 3. The minimum Gasteiger partial charge on any atom is -0.494 e. The van der Waals surface area contributed by atoms with Gasteiger partial charge in [0.2, 0.25) is 0 Å². The van der Waals surface area contributed by atoms with Crippen LogP contribution in [0, 0.1) is 11.3 Å². The Bertz CT molecular complexity index is 727. The maximum absolute atomic E-state index is 11.9. The molecule has 0 aliphatic carbocycles. The summed E-state index contributed by atoms with van der Waals surface area (Å²) < 4.78 is 6.92. The molecule has 1 aromatic heterocycles. The van der Waals surface area contributed by atoms with Crippen molar-refractivity contribution in [2.45, 2.75) is 33.2 Å². The maximum Gasteiger partial charge on any atom is 0.284 e. The number of hydrogen-bond acceptors (Lipinski definition) is 4. The average molecular weight is 297 g/mol. The topological polar surface area (TPSA) is 67.9 Å². The molecule has 2 aromatic rings. The highest BCUT2D eigenvalue weighted by Gasteiger charge is 2.09. The van der Waals surface area contributed by atoms with Crippen LogP contribution in [0.15, 0.2) is 35.1 Å². The normalized spacial score (nSPS) is 10.2. The summed E-state index contributed by atoms with van der Waals surface area (Å²) >= 11 is 0. The minimum atomic E-state index is -0.353. The molecular formula is C17H19N3O2. The van der Waals surface area contributed by atoms with Gasteiger partial charge in [0.05, 0.1) is 12.3 Å². The molecule has 0 spiro atoms. The second-order valence-electron chi connectivity index (χ2n) is 4.90. The second kappa shape index (κ2) is 7.41. The molecule has 1 heterocycles. The van der Waals surface area contributed by atoms with E-state index in [1.807, 2.05) is 37.3 Å². The van der Waals surface area contributed by atoms with E-state index in [-0.39, 0.29) is 11.1 Å². The number of hydrogen-bond donors (Lipinski definition) is 0. The largest absolute Gasteiger partial charge is 0.494 e. The van der Waals surface area contributed by atoms with E-state index in [2.05, 4.69) is 12.0 Å². The van der Waals surface area contributed by atoms with Crippen LogP contribution >= 0.6 is 0 Å². The SMILES string of the molecule is CCCCOc1ccc(-c2cc(C#N)c(=O)n(CC)n2)cc1. The number of aromatic nitrogens is 2. The average Bonchev–Trinajstić information content (AvgIpc) is 2.56. The standard InChI is InChI=1S/C17H19N3O2/c1-3-5-10-22-15-8-6-13(7-9-15)16-11-14(12-18)17(21)20(4-2)19-16/h6-9,11H,3-5,10H2,1-2H3. The van der Waals surface area contributed by atoms with Crippen molar-refractivity contribution in [3.63, 3.8) is 0 Å². The van der Waals surface area contributed by atoms with E-state index in [0.29, 0.717) is 18.8 Å². The quantitative estimate of drug-likeness (QED) is 0.769. The molecule has 0 atom stereocenters.